The monoisotopic (exact) mass is 200 g/mol. The van der Waals surface area contributed by atoms with Gasteiger partial charge in [-0.25, -0.2) is 4.79 Å². The van der Waals surface area contributed by atoms with Crippen molar-refractivity contribution in [3.05, 3.63) is 0 Å². The maximum Gasteiger partial charge on any atom is 0.317 e. The van der Waals surface area contributed by atoms with Gasteiger partial charge in [0.15, 0.2) is 0 Å². The minimum atomic E-state index is -0.822. The van der Waals surface area contributed by atoms with Gasteiger partial charge in [-0.2, -0.15) is 0 Å². The number of carboxylic acids is 1. The Bertz CT molecular complexity index is 250. The van der Waals surface area contributed by atoms with Crippen LogP contribution in [0.3, 0.4) is 0 Å². The molecule has 2 N–H and O–H groups in total. The van der Waals surface area contributed by atoms with E-state index in [1.807, 2.05) is 13.8 Å². The van der Waals surface area contributed by atoms with Crippen molar-refractivity contribution in [2.24, 2.45) is 0 Å². The second kappa shape index (κ2) is 3.86. The zero-order valence-electron chi connectivity index (χ0n) is 8.54. The summed E-state index contributed by atoms with van der Waals surface area (Å²) in [5.41, 5.74) is -0.376. The van der Waals surface area contributed by atoms with E-state index >= 15 is 0 Å². The average Bonchev–Trinajstić information content (AvgIpc) is 2.48. The van der Waals surface area contributed by atoms with Crippen molar-refractivity contribution in [2.45, 2.75) is 32.2 Å². The predicted octanol–water partition coefficient (Wildman–Crippen LogP) is 0.655. The summed E-state index contributed by atoms with van der Waals surface area (Å²) in [6.45, 7) is 5.09. The highest BCUT2D eigenvalue weighted by molar-refractivity contribution is 5.77. The molecule has 0 atom stereocenters. The van der Waals surface area contributed by atoms with Crippen LogP contribution in [-0.2, 0) is 4.79 Å². The molecule has 0 aromatic rings. The van der Waals surface area contributed by atoms with Crippen LogP contribution in [0.1, 0.15) is 26.7 Å². The van der Waals surface area contributed by atoms with Crippen molar-refractivity contribution in [2.75, 3.05) is 13.1 Å². The molecule has 0 bridgehead atoms. The Morgan fingerprint density at radius 2 is 2.29 bits per heavy atom. The number of aliphatic carboxylic acids is 1. The molecule has 5 heteroatoms. The summed E-state index contributed by atoms with van der Waals surface area (Å²) < 4.78 is 0. The molecule has 0 saturated carbocycles. The summed E-state index contributed by atoms with van der Waals surface area (Å²) in [6, 6.07) is -0.0969. The second-order valence-corrected chi connectivity index (χ2v) is 4.09. The molecule has 1 aliphatic heterocycles. The van der Waals surface area contributed by atoms with Crippen molar-refractivity contribution in [3.8, 4) is 0 Å². The van der Waals surface area contributed by atoms with Crippen LogP contribution in [-0.4, -0.2) is 40.6 Å². The summed E-state index contributed by atoms with van der Waals surface area (Å²) in [5.74, 6) is -0.822. The highest BCUT2D eigenvalue weighted by Crippen LogP contribution is 2.22. The first-order valence-electron chi connectivity index (χ1n) is 4.71. The molecule has 5 nitrogen and oxygen atoms in total. The van der Waals surface area contributed by atoms with Gasteiger partial charge < -0.3 is 15.3 Å². The van der Waals surface area contributed by atoms with Crippen molar-refractivity contribution in [1.29, 1.82) is 0 Å². The summed E-state index contributed by atoms with van der Waals surface area (Å²) >= 11 is 0. The largest absolute Gasteiger partial charge is 0.481 e. The zero-order valence-corrected chi connectivity index (χ0v) is 8.54. The highest BCUT2D eigenvalue weighted by atomic mass is 16.4. The third kappa shape index (κ3) is 2.37. The number of carboxylic acid groups (broad SMARTS) is 1. The molecule has 1 heterocycles. The Morgan fingerprint density at radius 3 is 2.71 bits per heavy atom. The van der Waals surface area contributed by atoms with Gasteiger partial charge in [-0.1, -0.05) is 0 Å². The lowest BCUT2D eigenvalue weighted by Gasteiger charge is -2.34. The Morgan fingerprint density at radius 1 is 1.64 bits per heavy atom. The molecule has 0 aliphatic carbocycles. The predicted molar refractivity (Wildman–Crippen MR) is 51.1 cm³/mol. The van der Waals surface area contributed by atoms with E-state index in [0.717, 1.165) is 0 Å². The Kier molecular flexibility index (Phi) is 2.98. The molecule has 0 radical (unpaired) electrons. The fraction of sp³-hybridized carbons (Fsp3) is 0.778. The number of hydrogen-bond acceptors (Lipinski definition) is 2. The lowest BCUT2D eigenvalue weighted by atomic mass is 9.96. The van der Waals surface area contributed by atoms with Gasteiger partial charge in [0.1, 0.15) is 0 Å². The molecular weight excluding hydrogens is 184 g/mol. The van der Waals surface area contributed by atoms with Crippen molar-refractivity contribution < 1.29 is 14.7 Å². The van der Waals surface area contributed by atoms with Gasteiger partial charge in [0.2, 0.25) is 0 Å². The molecule has 14 heavy (non-hydrogen) atoms. The first-order chi connectivity index (χ1) is 6.43. The Hall–Kier alpha value is -1.26. The summed E-state index contributed by atoms with van der Waals surface area (Å²) in [5, 5.41) is 11.3. The van der Waals surface area contributed by atoms with Crippen molar-refractivity contribution in [3.63, 3.8) is 0 Å². The van der Waals surface area contributed by atoms with E-state index in [1.54, 1.807) is 4.90 Å². The van der Waals surface area contributed by atoms with E-state index in [9.17, 15) is 9.59 Å². The molecule has 0 unspecified atom stereocenters. The number of carbonyl (C=O) groups is 2. The van der Waals surface area contributed by atoms with Gasteiger partial charge in [0.05, 0.1) is 0 Å². The van der Waals surface area contributed by atoms with Crippen LogP contribution in [0, 0.1) is 0 Å². The lowest BCUT2D eigenvalue weighted by molar-refractivity contribution is -0.137. The molecule has 0 aromatic heterocycles. The summed E-state index contributed by atoms with van der Waals surface area (Å²) in [7, 11) is 0. The molecule has 0 spiro atoms. The van der Waals surface area contributed by atoms with Crippen LogP contribution in [0.15, 0.2) is 0 Å². The zero-order chi connectivity index (χ0) is 10.8. The molecule has 0 aromatic carbocycles. The van der Waals surface area contributed by atoms with Crippen LogP contribution < -0.4 is 5.32 Å². The maximum absolute atomic E-state index is 11.3. The maximum atomic E-state index is 11.3. The average molecular weight is 200 g/mol. The third-order valence-electron chi connectivity index (χ3n) is 2.54. The van der Waals surface area contributed by atoms with E-state index < -0.39 is 5.97 Å². The van der Waals surface area contributed by atoms with Crippen molar-refractivity contribution >= 4 is 12.0 Å². The van der Waals surface area contributed by atoms with E-state index in [1.165, 1.54) is 0 Å². The smallest absolute Gasteiger partial charge is 0.317 e. The summed E-state index contributed by atoms with van der Waals surface area (Å²) in [4.78, 5) is 23.4. The van der Waals surface area contributed by atoms with E-state index in [2.05, 4.69) is 5.32 Å². The van der Waals surface area contributed by atoms with Crippen molar-refractivity contribution in [1.82, 2.24) is 10.2 Å². The molecule has 1 fully saturated rings. The Labute approximate surface area is 83.1 Å². The van der Waals surface area contributed by atoms with Crippen LogP contribution in [0.2, 0.25) is 0 Å². The minimum Gasteiger partial charge on any atom is -0.481 e. The van der Waals surface area contributed by atoms with Gasteiger partial charge in [-0.15, -0.1) is 0 Å². The molecule has 1 saturated heterocycles. The third-order valence-corrected chi connectivity index (χ3v) is 2.54. The van der Waals surface area contributed by atoms with Crippen LogP contribution in [0.4, 0.5) is 4.79 Å². The first-order valence-corrected chi connectivity index (χ1v) is 4.71. The minimum absolute atomic E-state index is 0.0940. The van der Waals surface area contributed by atoms with Crippen LogP contribution >= 0.6 is 0 Å². The second-order valence-electron chi connectivity index (χ2n) is 4.09. The van der Waals surface area contributed by atoms with Gasteiger partial charge in [-0.05, 0) is 20.3 Å². The number of nitrogens with zero attached hydrogens (tertiary/aromatic N) is 1. The molecule has 80 valence electrons. The summed E-state index contributed by atoms with van der Waals surface area (Å²) in [6.07, 6.45) is 0.576. The van der Waals surface area contributed by atoms with Gasteiger partial charge >= 0.3 is 12.0 Å². The SMILES string of the molecule is CC(C)(CCC(=O)O)N1CCNC1=O. The normalized spacial score (nSPS) is 17.0. The molecule has 1 rings (SSSR count). The topological polar surface area (TPSA) is 69.6 Å². The highest BCUT2D eigenvalue weighted by Gasteiger charge is 2.33. The standard InChI is InChI=1S/C9H16N2O3/c1-9(2,4-3-7(12)13)11-6-5-10-8(11)14/h3-6H2,1-2H3,(H,10,14)(H,12,13). The quantitative estimate of drug-likeness (QED) is 0.700. The van der Waals surface area contributed by atoms with E-state index in [-0.39, 0.29) is 18.0 Å². The number of amides is 2. The van der Waals surface area contributed by atoms with Gasteiger partial charge in [-0.3, -0.25) is 4.79 Å². The van der Waals surface area contributed by atoms with E-state index in [0.29, 0.717) is 19.5 Å². The fourth-order valence-corrected chi connectivity index (χ4v) is 1.60. The molecule has 1 aliphatic rings. The van der Waals surface area contributed by atoms with E-state index in [4.69, 9.17) is 5.11 Å². The van der Waals surface area contributed by atoms with Crippen LogP contribution in [0.25, 0.3) is 0 Å². The fourth-order valence-electron chi connectivity index (χ4n) is 1.60. The molecule has 2 amide bonds. The Balaban J connectivity index is 2.54. The van der Waals surface area contributed by atoms with Crippen LogP contribution in [0.5, 0.6) is 0 Å². The number of hydrogen-bond donors (Lipinski definition) is 2. The number of nitrogens with one attached hydrogen (secondary N) is 1. The van der Waals surface area contributed by atoms with Gasteiger partial charge in [0.25, 0.3) is 0 Å². The lowest BCUT2D eigenvalue weighted by Crippen LogP contribution is -2.46. The number of carbonyl (C=O) groups excluding carboxylic acids is 1. The van der Waals surface area contributed by atoms with Gasteiger partial charge in [0, 0.05) is 25.0 Å². The first kappa shape index (κ1) is 10.8. The molecular formula is C9H16N2O3. The number of rotatable bonds is 4. The number of urea groups is 1.